The van der Waals surface area contributed by atoms with Crippen LogP contribution in [0.1, 0.15) is 109 Å². The summed E-state index contributed by atoms with van der Waals surface area (Å²) in [6.45, 7) is 18.1. The molecule has 1 aliphatic rings. The van der Waals surface area contributed by atoms with Gasteiger partial charge in [0, 0.05) is 147 Å². The fourth-order valence-corrected chi connectivity index (χ4v) is 15.0. The van der Waals surface area contributed by atoms with Crippen molar-refractivity contribution in [3.63, 3.8) is 0 Å². The normalized spacial score (nSPS) is 12.1. The first-order valence-electron chi connectivity index (χ1n) is 46.3. The third-order valence-electron chi connectivity index (χ3n) is 22.9. The van der Waals surface area contributed by atoms with Gasteiger partial charge in [-0.25, -0.2) is 84.6 Å². The number of carboxylic acid groups (broad SMARTS) is 4. The maximum Gasteiger partial charge on any atom is 0.349 e. The monoisotopic (exact) mass is 2020 g/mol. The Morgan fingerprint density at radius 2 is 0.658 bits per heavy atom. The molecule has 0 spiro atoms. The molecule has 1 saturated heterocycles. The quantitative estimate of drug-likeness (QED) is 0.0130. The molecular weight excluding hydrogens is 1910 g/mol. The number of hydrogen-bond donors (Lipinski definition) is 7. The third kappa shape index (κ3) is 33.7. The van der Waals surface area contributed by atoms with E-state index in [9.17, 15) is 54.1 Å². The molecule has 8 N–H and O–H groups in total. The SMILES string of the molecule is CC(C)N(C)c1nc(/C=C/C(=O)O)ccc1-c1cc2ccccc2o1.CC(C)N(C)c1nc(/C=C/C(=O)O)ccc1-c1ccc(F)cc1.CC(C)N(C)c1nc(/C=C/P(=O)(O)O)ccc1-c1ccc(F)cc1.CC(C)N(C)c1nc(/C=C/S(N)(=O)=O)ccc1-c1ccc(F)cc1.CN(c1ccccc1)c1nc(/C=C/C(=O)O)ccc1-c1ccc(F)cc1.O=C(O)/C=C/c1ccc(-c2ccc(F)cc2)c(N2CCCCC2)n1. The van der Waals surface area contributed by atoms with Gasteiger partial charge in [-0.15, -0.1) is 0 Å². The molecule has 0 bridgehead atoms. The lowest BCUT2D eigenvalue weighted by Gasteiger charge is -2.29. The van der Waals surface area contributed by atoms with Crippen LogP contribution in [0.5, 0.6) is 0 Å². The van der Waals surface area contributed by atoms with Crippen LogP contribution in [0.25, 0.3) is 114 Å². The molecule has 14 aromatic rings. The largest absolute Gasteiger partial charge is 0.478 e. The fraction of sp³-hybridized carbons (Fsp3) is 0.196. The van der Waals surface area contributed by atoms with Crippen LogP contribution in [-0.2, 0) is 33.8 Å². The van der Waals surface area contributed by atoms with Crippen LogP contribution in [0, 0.1) is 29.1 Å². The van der Waals surface area contributed by atoms with Crippen LogP contribution in [-0.4, -0.2) is 165 Å². The highest BCUT2D eigenvalue weighted by Gasteiger charge is 2.24. The van der Waals surface area contributed by atoms with E-state index in [1.807, 2.05) is 198 Å². The first-order chi connectivity index (χ1) is 69.3. The Balaban J connectivity index is 0.000000180. The molecule has 1 fully saturated rings. The Labute approximate surface area is 845 Å². The molecule has 758 valence electrons. The minimum Gasteiger partial charge on any atom is -0.478 e. The molecule has 0 saturated carbocycles. The van der Waals surface area contributed by atoms with Crippen molar-refractivity contribution in [3.8, 4) is 67.0 Å². The van der Waals surface area contributed by atoms with Gasteiger partial charge < -0.3 is 64.0 Å². The lowest BCUT2D eigenvalue weighted by Crippen LogP contribution is -2.30. The molecule has 7 aromatic heterocycles. The number of halogens is 5. The second-order valence-electron chi connectivity index (χ2n) is 34.6. The zero-order valence-corrected chi connectivity index (χ0v) is 84.4. The summed E-state index contributed by atoms with van der Waals surface area (Å²) in [5, 5.41) is 42.1. The molecule has 8 heterocycles. The maximum absolute atomic E-state index is 13.3. The summed E-state index contributed by atoms with van der Waals surface area (Å²) < 4.78 is 105. The number of furan rings is 1. The number of para-hydroxylation sites is 2. The van der Waals surface area contributed by atoms with E-state index >= 15 is 0 Å². The minimum absolute atomic E-state index is 0.165. The number of fused-ring (bicyclic) bond motifs is 1. The number of carboxylic acids is 4. The number of rotatable bonds is 29. The van der Waals surface area contributed by atoms with Gasteiger partial charge >= 0.3 is 31.5 Å². The van der Waals surface area contributed by atoms with E-state index < -0.39 is 41.5 Å². The summed E-state index contributed by atoms with van der Waals surface area (Å²) >= 11 is 0. The molecule has 7 aromatic carbocycles. The smallest absolute Gasteiger partial charge is 0.349 e. The van der Waals surface area contributed by atoms with E-state index in [1.54, 1.807) is 97.1 Å². The van der Waals surface area contributed by atoms with Crippen molar-refractivity contribution in [3.05, 3.63) is 354 Å². The van der Waals surface area contributed by atoms with Crippen LogP contribution in [0.15, 0.2) is 295 Å². The second kappa shape index (κ2) is 52.7. The van der Waals surface area contributed by atoms with E-state index in [2.05, 4.69) is 48.7 Å². The maximum atomic E-state index is 13.3. The Morgan fingerprint density at radius 3 is 0.986 bits per heavy atom. The number of hydrogen-bond acceptors (Lipinski definition) is 20. The molecule has 34 heteroatoms. The van der Waals surface area contributed by atoms with Crippen molar-refractivity contribution in [1.82, 2.24) is 29.9 Å². The van der Waals surface area contributed by atoms with Gasteiger partial charge in [-0.05, 0) is 297 Å². The summed E-state index contributed by atoms with van der Waals surface area (Å²) in [6, 6.07) is 73.0. The zero-order valence-electron chi connectivity index (χ0n) is 82.7. The predicted octanol–water partition coefficient (Wildman–Crippen LogP) is 23.9. The molecule has 15 rings (SSSR count). The van der Waals surface area contributed by atoms with Gasteiger partial charge in [0.05, 0.1) is 39.7 Å². The lowest BCUT2D eigenvalue weighted by molar-refractivity contribution is -0.132. The van der Waals surface area contributed by atoms with Crippen molar-refractivity contribution >= 4 is 130 Å². The lowest BCUT2D eigenvalue weighted by atomic mass is 10.0. The molecule has 1 aliphatic heterocycles. The number of primary sulfonamides is 1. The fourth-order valence-electron chi connectivity index (χ4n) is 14.3. The summed E-state index contributed by atoms with van der Waals surface area (Å²) in [5.74, 6) is 0.305. The number of nitrogens with zero attached hydrogens (tertiary/aromatic N) is 12. The van der Waals surface area contributed by atoms with Crippen LogP contribution < -0.4 is 34.5 Å². The third-order valence-corrected chi connectivity index (χ3v) is 23.9. The van der Waals surface area contributed by atoms with Crippen LogP contribution in [0.4, 0.5) is 62.5 Å². The number of anilines is 7. The van der Waals surface area contributed by atoms with Crippen molar-refractivity contribution in [1.29, 1.82) is 0 Å². The predicted molar refractivity (Wildman–Crippen MR) is 572 cm³/mol. The Kier molecular flexibility index (Phi) is 40.4. The van der Waals surface area contributed by atoms with Crippen molar-refractivity contribution in [2.24, 2.45) is 5.14 Å². The number of benzene rings is 7. The first kappa shape index (κ1) is 112. The summed E-state index contributed by atoms with van der Waals surface area (Å²) in [7, 11) is 1.59. The van der Waals surface area contributed by atoms with E-state index in [0.717, 1.165) is 163 Å². The number of pyridine rings is 6. The number of piperidine rings is 1. The molecule has 0 amide bonds. The van der Waals surface area contributed by atoms with Crippen LogP contribution >= 0.6 is 7.60 Å². The van der Waals surface area contributed by atoms with E-state index in [-0.39, 0.29) is 53.3 Å². The highest BCUT2D eigenvalue weighted by Crippen LogP contribution is 2.41. The molecule has 27 nitrogen and oxygen atoms in total. The van der Waals surface area contributed by atoms with Crippen LogP contribution in [0.2, 0.25) is 0 Å². The van der Waals surface area contributed by atoms with Crippen LogP contribution in [0.3, 0.4) is 0 Å². The van der Waals surface area contributed by atoms with Gasteiger partial charge in [0.2, 0.25) is 10.0 Å². The average Bonchev–Trinajstić information content (AvgIpc) is 1.73. The molecule has 146 heavy (non-hydrogen) atoms. The van der Waals surface area contributed by atoms with E-state index in [4.69, 9.17) is 39.8 Å². The number of aromatic nitrogens is 6. The summed E-state index contributed by atoms with van der Waals surface area (Å²) in [6.07, 6.45) is 16.2. The molecule has 0 radical (unpaired) electrons. The van der Waals surface area contributed by atoms with Crippen molar-refractivity contribution < 1.29 is 88.7 Å². The molecule has 0 aliphatic carbocycles. The van der Waals surface area contributed by atoms with Crippen molar-refractivity contribution in [2.45, 2.75) is 98.8 Å². The van der Waals surface area contributed by atoms with Gasteiger partial charge in [-0.3, -0.25) is 4.57 Å². The average molecular weight is 2030 g/mol. The highest BCUT2D eigenvalue weighted by molar-refractivity contribution is 7.92. The topological polar surface area (TPSA) is 377 Å². The van der Waals surface area contributed by atoms with E-state index in [1.165, 1.54) is 104 Å². The first-order valence-corrected chi connectivity index (χ1v) is 49.5. The zero-order chi connectivity index (χ0) is 106. The highest BCUT2D eigenvalue weighted by atomic mass is 32.2. The van der Waals surface area contributed by atoms with Gasteiger partial charge in [-0.1, -0.05) is 97.1 Å². The number of aliphatic carboxylic acids is 4. The van der Waals surface area contributed by atoms with E-state index in [0.29, 0.717) is 51.6 Å². The Morgan fingerprint density at radius 1 is 0.370 bits per heavy atom. The van der Waals surface area contributed by atoms with Crippen molar-refractivity contribution in [2.75, 3.05) is 77.7 Å². The number of sulfonamides is 1. The Hall–Kier alpha value is -16.2. The molecule has 0 atom stereocenters. The minimum atomic E-state index is -4.24. The number of nitrogens with two attached hydrogens (primary N) is 1. The standard InChI is InChI=1S/C21H17FN2O2.C20H20N2O3.C19H19FN2O2.C18H19FN2O2.C17H20FN3O2S.C17H20FN2O3P/c1-24(18-5-3-2-4-6-18)21-19(15-7-9-16(22)10-8-15)13-11-17(23-21)12-14-20(25)26;1-13(2)22(3)20-16(10-8-15(21-20)9-11-19(23)24)18-12-14-6-4-5-7-17(14)25-18;20-15-6-4-14(5-7-15)17-10-8-16(9-11-18(23)24)21-19(17)22-12-2-1-3-13-22;1-12(2)21(3)18-16(13-4-6-14(19)7-5-13)10-8-15(20-18)9-11-17(22)23;1-12(2)21(3)17-16(13-4-6-14(18)7-5-13)9-8-15(20-17)10-11-24(19,22)23;1-12(2)20(3)17-16(13-4-6-14(18)7-5-13)9-8-15(19-17)10-11-24(21,22)23/h2-14H,1H3,(H,25,26);4-13H,1-3H3,(H,23,24);4-11H,1-3,12-13H2,(H,23,24);4-12H,1-3H3,(H,22,23);4-12H,1-3H3,(H2,19,22,23);4-12H,1-3H3,(H2,21,22,23)/b14-12+;3*11-9+;2*11-10+. The van der Waals surface area contributed by atoms with Gasteiger partial charge in [0.1, 0.15) is 75.3 Å². The second-order valence-corrected chi connectivity index (χ2v) is 37.5. The Bertz CT molecular complexity index is 7160. The molecule has 0 unspecified atom stereocenters. The van der Waals surface area contributed by atoms with Gasteiger partial charge in [0.15, 0.2) is 0 Å². The summed E-state index contributed by atoms with van der Waals surface area (Å²) in [4.78, 5) is 100. The van der Waals surface area contributed by atoms with Gasteiger partial charge in [-0.2, -0.15) is 0 Å². The van der Waals surface area contributed by atoms with Gasteiger partial charge in [0.25, 0.3) is 0 Å². The summed E-state index contributed by atoms with van der Waals surface area (Å²) in [5.41, 5.74) is 14.3. The molecular formula is C112H115F5N13O14PS. The number of carbonyl (C=O) groups is 4.